The molecule has 0 aromatic heterocycles. The van der Waals surface area contributed by atoms with Crippen LogP contribution in [0.25, 0.3) is 0 Å². The van der Waals surface area contributed by atoms with Gasteiger partial charge in [0.15, 0.2) is 0 Å². The summed E-state index contributed by atoms with van der Waals surface area (Å²) in [6.45, 7) is 0.553. The first-order valence-electron chi connectivity index (χ1n) is 4.44. The molecule has 1 heterocycles. The van der Waals surface area contributed by atoms with E-state index in [9.17, 15) is 4.79 Å². The van der Waals surface area contributed by atoms with E-state index in [2.05, 4.69) is 0 Å². The molecule has 1 aliphatic rings. The van der Waals surface area contributed by atoms with E-state index in [1.165, 1.54) is 6.07 Å². The summed E-state index contributed by atoms with van der Waals surface area (Å²) < 4.78 is 5.34. The van der Waals surface area contributed by atoms with Crippen molar-refractivity contribution in [3.8, 4) is 5.75 Å². The summed E-state index contributed by atoms with van der Waals surface area (Å²) >= 11 is 0. The van der Waals surface area contributed by atoms with E-state index in [1.807, 2.05) is 0 Å². The van der Waals surface area contributed by atoms with Gasteiger partial charge in [-0.2, -0.15) is 0 Å². The molecular weight excluding hydrogens is 182 g/mol. The molecule has 0 radical (unpaired) electrons. The fourth-order valence-corrected chi connectivity index (χ4v) is 1.55. The summed E-state index contributed by atoms with van der Waals surface area (Å²) in [6.07, 6.45) is 0.777. The Morgan fingerprint density at radius 2 is 2.36 bits per heavy atom. The smallest absolute Gasteiger partial charge is 0.335 e. The molecule has 4 nitrogen and oxygen atoms in total. The number of hydrogen-bond acceptors (Lipinski definition) is 3. The molecule has 0 aliphatic carbocycles. The van der Waals surface area contributed by atoms with Crippen molar-refractivity contribution in [3.05, 3.63) is 29.3 Å². The minimum atomic E-state index is -0.949. The van der Waals surface area contributed by atoms with Gasteiger partial charge in [0, 0.05) is 18.0 Å². The van der Waals surface area contributed by atoms with Crippen LogP contribution in [0.3, 0.4) is 0 Å². The third-order valence-corrected chi connectivity index (χ3v) is 2.35. The van der Waals surface area contributed by atoms with Crippen molar-refractivity contribution >= 4 is 5.97 Å². The van der Waals surface area contributed by atoms with Gasteiger partial charge >= 0.3 is 5.97 Å². The average molecular weight is 193 g/mol. The zero-order valence-corrected chi connectivity index (χ0v) is 7.56. The minimum absolute atomic E-state index is 0.0402. The Bertz CT molecular complexity index is 376. The van der Waals surface area contributed by atoms with E-state index in [1.54, 1.807) is 12.1 Å². The van der Waals surface area contributed by atoms with Crippen LogP contribution in [0, 0.1) is 0 Å². The van der Waals surface area contributed by atoms with E-state index in [4.69, 9.17) is 15.6 Å². The molecule has 3 N–H and O–H groups in total. The van der Waals surface area contributed by atoms with E-state index in [0.717, 1.165) is 12.0 Å². The molecule has 14 heavy (non-hydrogen) atoms. The van der Waals surface area contributed by atoms with E-state index in [-0.39, 0.29) is 11.6 Å². The number of carboxylic acids is 1. The lowest BCUT2D eigenvalue weighted by molar-refractivity contribution is 0.0696. The average Bonchev–Trinajstić information content (AvgIpc) is 2.17. The van der Waals surface area contributed by atoms with Crippen molar-refractivity contribution < 1.29 is 14.6 Å². The van der Waals surface area contributed by atoms with Gasteiger partial charge in [0.25, 0.3) is 0 Å². The SMILES string of the molecule is N[C@H]1CCOc2cc(C(=O)O)ccc21. The Labute approximate surface area is 81.3 Å². The van der Waals surface area contributed by atoms with Crippen LogP contribution in [0.5, 0.6) is 5.75 Å². The predicted octanol–water partition coefficient (Wildman–Crippen LogP) is 1.17. The van der Waals surface area contributed by atoms with E-state index in [0.29, 0.717) is 12.4 Å². The topological polar surface area (TPSA) is 72.5 Å². The number of carbonyl (C=O) groups is 1. The molecule has 1 aliphatic heterocycles. The largest absolute Gasteiger partial charge is 0.493 e. The second kappa shape index (κ2) is 3.31. The fourth-order valence-electron chi connectivity index (χ4n) is 1.55. The van der Waals surface area contributed by atoms with Crippen LogP contribution in [0.4, 0.5) is 0 Å². The second-order valence-electron chi connectivity index (χ2n) is 3.30. The van der Waals surface area contributed by atoms with Gasteiger partial charge in [-0.25, -0.2) is 4.79 Å². The number of aromatic carboxylic acids is 1. The molecule has 0 unspecified atom stereocenters. The standard InChI is InChI=1S/C10H11NO3/c11-8-3-4-14-9-5-6(10(12)13)1-2-7(8)9/h1-2,5,8H,3-4,11H2,(H,12,13)/t8-/m0/s1. The molecular formula is C10H11NO3. The molecule has 1 aromatic rings. The number of fused-ring (bicyclic) bond motifs is 1. The van der Waals surface area contributed by atoms with Gasteiger partial charge in [0.2, 0.25) is 0 Å². The summed E-state index contributed by atoms with van der Waals surface area (Å²) in [4.78, 5) is 10.7. The first kappa shape index (κ1) is 9.02. The minimum Gasteiger partial charge on any atom is -0.493 e. The molecule has 1 atom stereocenters. The van der Waals surface area contributed by atoms with Gasteiger partial charge in [-0.15, -0.1) is 0 Å². The molecule has 2 rings (SSSR count). The van der Waals surface area contributed by atoms with Crippen molar-refractivity contribution in [1.29, 1.82) is 0 Å². The van der Waals surface area contributed by atoms with Crippen LogP contribution in [-0.4, -0.2) is 17.7 Å². The van der Waals surface area contributed by atoms with Gasteiger partial charge in [0.1, 0.15) is 5.75 Å². The Hall–Kier alpha value is -1.55. The maximum absolute atomic E-state index is 10.7. The fraction of sp³-hybridized carbons (Fsp3) is 0.300. The number of carboxylic acid groups (broad SMARTS) is 1. The maximum Gasteiger partial charge on any atom is 0.335 e. The Kier molecular flexibility index (Phi) is 2.13. The molecule has 4 heteroatoms. The highest BCUT2D eigenvalue weighted by Gasteiger charge is 2.19. The highest BCUT2D eigenvalue weighted by molar-refractivity contribution is 5.88. The van der Waals surface area contributed by atoms with E-state index < -0.39 is 5.97 Å². The van der Waals surface area contributed by atoms with Gasteiger partial charge in [-0.1, -0.05) is 6.07 Å². The van der Waals surface area contributed by atoms with Crippen LogP contribution < -0.4 is 10.5 Å². The third-order valence-electron chi connectivity index (χ3n) is 2.35. The van der Waals surface area contributed by atoms with E-state index >= 15 is 0 Å². The van der Waals surface area contributed by atoms with Crippen LogP contribution >= 0.6 is 0 Å². The lowest BCUT2D eigenvalue weighted by atomic mass is 10.00. The lowest BCUT2D eigenvalue weighted by Gasteiger charge is -2.22. The number of ether oxygens (including phenoxy) is 1. The summed E-state index contributed by atoms with van der Waals surface area (Å²) in [5.74, 6) is -0.348. The van der Waals surface area contributed by atoms with Crippen LogP contribution in [-0.2, 0) is 0 Å². The summed E-state index contributed by atoms with van der Waals surface area (Å²) in [5.41, 5.74) is 6.97. The molecule has 0 saturated carbocycles. The number of hydrogen-bond donors (Lipinski definition) is 2. The highest BCUT2D eigenvalue weighted by Crippen LogP contribution is 2.31. The molecule has 0 spiro atoms. The number of rotatable bonds is 1. The third kappa shape index (κ3) is 1.44. The monoisotopic (exact) mass is 193 g/mol. The summed E-state index contributed by atoms with van der Waals surface area (Å²) in [6, 6.07) is 4.76. The van der Waals surface area contributed by atoms with Crippen molar-refractivity contribution in [2.45, 2.75) is 12.5 Å². The zero-order chi connectivity index (χ0) is 10.1. The maximum atomic E-state index is 10.7. The molecule has 1 aromatic carbocycles. The van der Waals surface area contributed by atoms with Crippen LogP contribution in [0.15, 0.2) is 18.2 Å². The molecule has 0 bridgehead atoms. The first-order chi connectivity index (χ1) is 6.68. The lowest BCUT2D eigenvalue weighted by Crippen LogP contribution is -2.20. The first-order valence-corrected chi connectivity index (χ1v) is 4.44. The van der Waals surface area contributed by atoms with Crippen molar-refractivity contribution in [2.24, 2.45) is 5.73 Å². The van der Waals surface area contributed by atoms with Gasteiger partial charge in [0.05, 0.1) is 12.2 Å². The second-order valence-corrected chi connectivity index (χ2v) is 3.30. The van der Waals surface area contributed by atoms with Crippen LogP contribution in [0.1, 0.15) is 28.4 Å². The zero-order valence-electron chi connectivity index (χ0n) is 7.56. The number of benzene rings is 1. The highest BCUT2D eigenvalue weighted by atomic mass is 16.5. The Balaban J connectivity index is 2.44. The predicted molar refractivity (Wildman–Crippen MR) is 50.4 cm³/mol. The Morgan fingerprint density at radius 1 is 1.57 bits per heavy atom. The van der Waals surface area contributed by atoms with Gasteiger partial charge in [-0.3, -0.25) is 0 Å². The molecule has 74 valence electrons. The van der Waals surface area contributed by atoms with Crippen molar-refractivity contribution in [3.63, 3.8) is 0 Å². The van der Waals surface area contributed by atoms with Crippen LogP contribution in [0.2, 0.25) is 0 Å². The Morgan fingerprint density at radius 3 is 3.07 bits per heavy atom. The quantitative estimate of drug-likeness (QED) is 0.702. The number of nitrogens with two attached hydrogens (primary N) is 1. The van der Waals surface area contributed by atoms with Crippen molar-refractivity contribution in [1.82, 2.24) is 0 Å². The summed E-state index contributed by atoms with van der Waals surface area (Å²) in [7, 11) is 0. The molecule has 0 amide bonds. The van der Waals surface area contributed by atoms with Gasteiger partial charge in [-0.05, 0) is 12.1 Å². The van der Waals surface area contributed by atoms with Crippen molar-refractivity contribution in [2.75, 3.05) is 6.61 Å². The normalized spacial score (nSPS) is 19.6. The molecule has 0 saturated heterocycles. The summed E-state index contributed by atoms with van der Waals surface area (Å²) in [5, 5.41) is 8.77. The molecule has 0 fully saturated rings. The van der Waals surface area contributed by atoms with Gasteiger partial charge < -0.3 is 15.6 Å².